The van der Waals surface area contributed by atoms with E-state index in [1.54, 1.807) is 6.08 Å². The minimum absolute atomic E-state index is 0.0719. The molecule has 0 unspecified atom stereocenters. The predicted molar refractivity (Wildman–Crippen MR) is 107 cm³/mol. The van der Waals surface area contributed by atoms with Crippen LogP contribution in [0.25, 0.3) is 6.08 Å². The van der Waals surface area contributed by atoms with Crippen LogP contribution in [-0.2, 0) is 15.1 Å². The summed E-state index contributed by atoms with van der Waals surface area (Å²) in [5, 5.41) is 3.20. The maximum Gasteiger partial charge on any atom is 0.244 e. The van der Waals surface area contributed by atoms with Crippen LogP contribution in [0.15, 0.2) is 60.7 Å². The van der Waals surface area contributed by atoms with Crippen molar-refractivity contribution in [2.45, 2.75) is 37.6 Å². The average molecular weight is 360 g/mol. The standard InChI is InChI=1S/C23H24N2O2/c26-21(24-23(15-5-16-23)19-6-2-1-3-7-19)14-11-18-9-12-20(13-10-18)25-17-4-8-22(25)27/h1-3,6-7,9-14H,4-5,8,15-17H2,(H,24,26)/b14-11+. The van der Waals surface area contributed by atoms with E-state index >= 15 is 0 Å². The number of nitrogens with one attached hydrogen (secondary N) is 1. The molecule has 0 atom stereocenters. The number of hydrogen-bond acceptors (Lipinski definition) is 2. The van der Waals surface area contributed by atoms with Gasteiger partial charge in [-0.1, -0.05) is 42.5 Å². The lowest BCUT2D eigenvalue weighted by Crippen LogP contribution is -2.50. The summed E-state index contributed by atoms with van der Waals surface area (Å²) in [6, 6.07) is 18.0. The SMILES string of the molecule is O=C(/C=C/c1ccc(N2CCCC2=O)cc1)NC1(c2ccccc2)CCC1. The van der Waals surface area contributed by atoms with E-state index in [-0.39, 0.29) is 17.4 Å². The van der Waals surface area contributed by atoms with Gasteiger partial charge in [-0.3, -0.25) is 9.59 Å². The molecule has 27 heavy (non-hydrogen) atoms. The fourth-order valence-corrected chi connectivity index (χ4v) is 3.91. The summed E-state index contributed by atoms with van der Waals surface area (Å²) in [4.78, 5) is 26.1. The Labute approximate surface area is 159 Å². The van der Waals surface area contributed by atoms with Crippen LogP contribution >= 0.6 is 0 Å². The third kappa shape index (κ3) is 3.65. The third-order valence-corrected chi connectivity index (χ3v) is 5.60. The van der Waals surface area contributed by atoms with Crippen LogP contribution in [0, 0.1) is 0 Å². The quantitative estimate of drug-likeness (QED) is 0.819. The molecule has 2 aromatic rings. The summed E-state index contributed by atoms with van der Waals surface area (Å²) >= 11 is 0. The largest absolute Gasteiger partial charge is 0.343 e. The molecule has 0 bridgehead atoms. The van der Waals surface area contributed by atoms with Crippen LogP contribution < -0.4 is 10.2 Å². The van der Waals surface area contributed by atoms with Gasteiger partial charge in [0.25, 0.3) is 0 Å². The number of hydrogen-bond donors (Lipinski definition) is 1. The van der Waals surface area contributed by atoms with Crippen molar-refractivity contribution < 1.29 is 9.59 Å². The van der Waals surface area contributed by atoms with Crippen molar-refractivity contribution in [1.29, 1.82) is 0 Å². The zero-order chi connectivity index (χ0) is 18.7. The Balaban J connectivity index is 1.40. The van der Waals surface area contributed by atoms with E-state index in [0.29, 0.717) is 6.42 Å². The number of anilines is 1. The van der Waals surface area contributed by atoms with Crippen molar-refractivity contribution in [1.82, 2.24) is 5.32 Å². The number of carbonyl (C=O) groups is 2. The molecule has 2 aromatic carbocycles. The first-order valence-corrected chi connectivity index (χ1v) is 9.63. The van der Waals surface area contributed by atoms with Crippen LogP contribution in [0.3, 0.4) is 0 Å². The van der Waals surface area contributed by atoms with Crippen LogP contribution in [0.5, 0.6) is 0 Å². The molecule has 2 fully saturated rings. The fourth-order valence-electron chi connectivity index (χ4n) is 3.91. The lowest BCUT2D eigenvalue weighted by Gasteiger charge is -2.42. The summed E-state index contributed by atoms with van der Waals surface area (Å²) in [5.74, 6) is 0.113. The van der Waals surface area contributed by atoms with Gasteiger partial charge in [0.15, 0.2) is 0 Å². The summed E-state index contributed by atoms with van der Waals surface area (Å²) in [6.45, 7) is 0.790. The van der Waals surface area contributed by atoms with Gasteiger partial charge in [-0.05, 0) is 55.0 Å². The second-order valence-electron chi connectivity index (χ2n) is 7.36. The van der Waals surface area contributed by atoms with E-state index in [9.17, 15) is 9.59 Å². The molecule has 0 spiro atoms. The minimum Gasteiger partial charge on any atom is -0.343 e. The summed E-state index contributed by atoms with van der Waals surface area (Å²) in [6.07, 6.45) is 8.07. The number of rotatable bonds is 5. The van der Waals surface area contributed by atoms with E-state index in [1.807, 2.05) is 53.4 Å². The Morgan fingerprint density at radius 1 is 1.00 bits per heavy atom. The van der Waals surface area contributed by atoms with Gasteiger partial charge in [0, 0.05) is 24.7 Å². The van der Waals surface area contributed by atoms with Gasteiger partial charge in [-0.2, -0.15) is 0 Å². The summed E-state index contributed by atoms with van der Waals surface area (Å²) in [5.41, 5.74) is 2.83. The summed E-state index contributed by atoms with van der Waals surface area (Å²) in [7, 11) is 0. The first-order chi connectivity index (χ1) is 13.2. The lowest BCUT2D eigenvalue weighted by atomic mass is 9.72. The van der Waals surface area contributed by atoms with Gasteiger partial charge in [-0.15, -0.1) is 0 Å². The molecule has 4 rings (SSSR count). The Morgan fingerprint density at radius 3 is 2.33 bits per heavy atom. The molecule has 1 N–H and O–H groups in total. The normalized spacial score (nSPS) is 18.5. The maximum absolute atomic E-state index is 12.5. The molecule has 2 aliphatic rings. The number of nitrogens with zero attached hydrogens (tertiary/aromatic N) is 1. The molecule has 1 aliphatic heterocycles. The van der Waals surface area contributed by atoms with Crippen LogP contribution in [0.1, 0.15) is 43.2 Å². The van der Waals surface area contributed by atoms with Crippen LogP contribution in [0.2, 0.25) is 0 Å². The molecule has 2 amide bonds. The topological polar surface area (TPSA) is 49.4 Å². The predicted octanol–water partition coefficient (Wildman–Crippen LogP) is 4.02. The highest BCUT2D eigenvalue weighted by molar-refractivity contribution is 5.95. The van der Waals surface area contributed by atoms with Crippen molar-refractivity contribution in [2.24, 2.45) is 0 Å². The molecule has 1 saturated heterocycles. The first kappa shape index (κ1) is 17.5. The van der Waals surface area contributed by atoms with Gasteiger partial charge >= 0.3 is 0 Å². The van der Waals surface area contributed by atoms with Gasteiger partial charge in [0.2, 0.25) is 11.8 Å². The Kier molecular flexibility index (Phi) is 4.80. The van der Waals surface area contributed by atoms with E-state index in [4.69, 9.17) is 0 Å². The van der Waals surface area contributed by atoms with Crippen LogP contribution in [0.4, 0.5) is 5.69 Å². The molecular formula is C23H24N2O2. The smallest absolute Gasteiger partial charge is 0.244 e. The van der Waals surface area contributed by atoms with E-state index < -0.39 is 0 Å². The Bertz CT molecular complexity index is 852. The Hall–Kier alpha value is -2.88. The lowest BCUT2D eigenvalue weighted by molar-refractivity contribution is -0.119. The van der Waals surface area contributed by atoms with Crippen molar-refractivity contribution in [3.8, 4) is 0 Å². The first-order valence-electron chi connectivity index (χ1n) is 9.63. The number of benzene rings is 2. The van der Waals surface area contributed by atoms with E-state index in [0.717, 1.165) is 43.5 Å². The second kappa shape index (κ2) is 7.39. The molecular weight excluding hydrogens is 336 g/mol. The van der Waals surface area contributed by atoms with Crippen molar-refractivity contribution in [3.63, 3.8) is 0 Å². The zero-order valence-corrected chi connectivity index (χ0v) is 15.4. The highest BCUT2D eigenvalue weighted by atomic mass is 16.2. The van der Waals surface area contributed by atoms with Gasteiger partial charge in [0.05, 0.1) is 5.54 Å². The Morgan fingerprint density at radius 2 is 1.74 bits per heavy atom. The van der Waals surface area contributed by atoms with Crippen LogP contribution in [-0.4, -0.2) is 18.4 Å². The van der Waals surface area contributed by atoms with Crippen molar-refractivity contribution in [3.05, 3.63) is 71.8 Å². The molecule has 0 aromatic heterocycles. The molecule has 4 nitrogen and oxygen atoms in total. The molecule has 138 valence electrons. The highest BCUT2D eigenvalue weighted by Crippen LogP contribution is 2.41. The molecule has 0 radical (unpaired) electrons. The monoisotopic (exact) mass is 360 g/mol. The number of carbonyl (C=O) groups excluding carboxylic acids is 2. The van der Waals surface area contributed by atoms with E-state index in [1.165, 1.54) is 5.56 Å². The van der Waals surface area contributed by atoms with Crippen molar-refractivity contribution in [2.75, 3.05) is 11.4 Å². The zero-order valence-electron chi connectivity index (χ0n) is 15.4. The molecule has 1 aliphatic carbocycles. The second-order valence-corrected chi connectivity index (χ2v) is 7.36. The van der Waals surface area contributed by atoms with E-state index in [2.05, 4.69) is 17.4 Å². The molecule has 1 saturated carbocycles. The third-order valence-electron chi connectivity index (χ3n) is 5.60. The van der Waals surface area contributed by atoms with Gasteiger partial charge in [0.1, 0.15) is 0 Å². The van der Waals surface area contributed by atoms with Gasteiger partial charge < -0.3 is 10.2 Å². The van der Waals surface area contributed by atoms with Crippen molar-refractivity contribution >= 4 is 23.6 Å². The number of amides is 2. The molecule has 4 heteroatoms. The highest BCUT2D eigenvalue weighted by Gasteiger charge is 2.39. The van der Waals surface area contributed by atoms with Gasteiger partial charge in [-0.25, -0.2) is 0 Å². The maximum atomic E-state index is 12.5. The minimum atomic E-state index is -0.220. The summed E-state index contributed by atoms with van der Waals surface area (Å²) < 4.78 is 0. The average Bonchev–Trinajstić information content (AvgIpc) is 3.10. The molecule has 1 heterocycles. The fraction of sp³-hybridized carbons (Fsp3) is 0.304.